The molecule has 2 aromatic carbocycles. The van der Waals surface area contributed by atoms with Crippen molar-refractivity contribution in [2.75, 3.05) is 6.54 Å². The maximum atomic E-state index is 13.3. The predicted octanol–water partition coefficient (Wildman–Crippen LogP) is 4.31. The van der Waals surface area contributed by atoms with Crippen LogP contribution in [-0.4, -0.2) is 27.6 Å². The Balaban J connectivity index is 1.75. The minimum absolute atomic E-state index is 0.0231. The molecule has 1 aliphatic heterocycles. The summed E-state index contributed by atoms with van der Waals surface area (Å²) < 4.78 is 17.0. The summed E-state index contributed by atoms with van der Waals surface area (Å²) in [4.78, 5) is 17.9. The summed E-state index contributed by atoms with van der Waals surface area (Å²) in [5.41, 5.74) is 3.70. The molecule has 0 saturated carbocycles. The number of nitrogens with one attached hydrogen (secondary N) is 1. The first-order valence-corrected chi connectivity index (χ1v) is 10.9. The standard InChI is InChI=1S/C24H29FN4O/c1-3-5-13-28-21-12-9-18(23-26-15-20(27-23)6-4-2)14-22(21)29(24(28)30)16-17-7-10-19(25)11-8-17/h7-12,14,20H,3-6,13,15-16H2,1-2H3,(H,26,27). The third-order valence-electron chi connectivity index (χ3n) is 5.73. The molecule has 1 atom stereocenters. The van der Waals surface area contributed by atoms with Crippen molar-refractivity contribution in [3.63, 3.8) is 0 Å². The van der Waals surface area contributed by atoms with Crippen molar-refractivity contribution in [1.82, 2.24) is 14.5 Å². The molecule has 30 heavy (non-hydrogen) atoms. The van der Waals surface area contributed by atoms with Crippen LogP contribution < -0.4 is 11.0 Å². The van der Waals surface area contributed by atoms with Crippen LogP contribution in [0.2, 0.25) is 0 Å². The van der Waals surface area contributed by atoms with Crippen molar-refractivity contribution in [1.29, 1.82) is 0 Å². The third-order valence-corrected chi connectivity index (χ3v) is 5.73. The molecule has 0 spiro atoms. The predicted molar refractivity (Wildman–Crippen MR) is 120 cm³/mol. The van der Waals surface area contributed by atoms with Crippen molar-refractivity contribution in [3.05, 3.63) is 69.9 Å². The molecule has 1 N–H and O–H groups in total. The highest BCUT2D eigenvalue weighted by Crippen LogP contribution is 2.20. The van der Waals surface area contributed by atoms with Gasteiger partial charge < -0.3 is 5.32 Å². The van der Waals surface area contributed by atoms with E-state index in [-0.39, 0.29) is 11.5 Å². The van der Waals surface area contributed by atoms with Gasteiger partial charge in [-0.05, 0) is 48.7 Å². The first-order chi connectivity index (χ1) is 14.6. The minimum Gasteiger partial charge on any atom is -0.365 e. The number of hydrogen-bond donors (Lipinski definition) is 1. The van der Waals surface area contributed by atoms with E-state index in [1.165, 1.54) is 12.1 Å². The molecule has 5 nitrogen and oxygen atoms in total. The Labute approximate surface area is 176 Å². The highest BCUT2D eigenvalue weighted by atomic mass is 19.1. The number of aliphatic imine (C=N–C) groups is 1. The number of aromatic nitrogens is 2. The van der Waals surface area contributed by atoms with Crippen LogP contribution in [0.5, 0.6) is 0 Å². The lowest BCUT2D eigenvalue weighted by Crippen LogP contribution is -2.30. The van der Waals surface area contributed by atoms with Crippen LogP contribution in [0.25, 0.3) is 11.0 Å². The van der Waals surface area contributed by atoms with Crippen LogP contribution in [0.1, 0.15) is 50.7 Å². The summed E-state index contributed by atoms with van der Waals surface area (Å²) in [5, 5.41) is 3.52. The molecule has 1 unspecified atom stereocenters. The Morgan fingerprint density at radius 1 is 1.07 bits per heavy atom. The molecule has 0 amide bonds. The van der Waals surface area contributed by atoms with Gasteiger partial charge >= 0.3 is 5.69 Å². The van der Waals surface area contributed by atoms with E-state index >= 15 is 0 Å². The second-order valence-corrected chi connectivity index (χ2v) is 8.02. The van der Waals surface area contributed by atoms with E-state index in [0.29, 0.717) is 19.1 Å². The molecule has 0 fully saturated rings. The highest BCUT2D eigenvalue weighted by Gasteiger charge is 2.20. The lowest BCUT2D eigenvalue weighted by Gasteiger charge is -2.11. The van der Waals surface area contributed by atoms with E-state index in [1.807, 2.05) is 16.7 Å². The zero-order valence-electron chi connectivity index (χ0n) is 17.7. The molecule has 1 aromatic heterocycles. The lowest BCUT2D eigenvalue weighted by atomic mass is 10.1. The molecule has 0 aliphatic carbocycles. The first-order valence-electron chi connectivity index (χ1n) is 10.9. The Hall–Kier alpha value is -2.89. The maximum Gasteiger partial charge on any atom is 0.329 e. The number of hydrogen-bond acceptors (Lipinski definition) is 3. The average Bonchev–Trinajstić information content (AvgIpc) is 3.31. The molecular weight excluding hydrogens is 379 g/mol. The molecule has 0 bridgehead atoms. The molecule has 4 rings (SSSR count). The Kier molecular flexibility index (Phi) is 6.02. The zero-order valence-corrected chi connectivity index (χ0v) is 17.7. The quantitative estimate of drug-likeness (QED) is 0.604. The second-order valence-electron chi connectivity index (χ2n) is 8.02. The summed E-state index contributed by atoms with van der Waals surface area (Å²) in [6.07, 6.45) is 4.19. The van der Waals surface area contributed by atoms with Gasteiger partial charge in [0.15, 0.2) is 0 Å². The Bertz CT molecular complexity index is 1110. The van der Waals surface area contributed by atoms with Crippen molar-refractivity contribution in [3.8, 4) is 0 Å². The van der Waals surface area contributed by atoms with Crippen molar-refractivity contribution in [2.24, 2.45) is 4.99 Å². The van der Waals surface area contributed by atoms with Gasteiger partial charge in [0.2, 0.25) is 0 Å². The van der Waals surface area contributed by atoms with E-state index in [1.54, 1.807) is 16.7 Å². The molecule has 3 aromatic rings. The molecule has 1 aliphatic rings. The number of benzene rings is 2. The van der Waals surface area contributed by atoms with Crippen LogP contribution in [0, 0.1) is 5.82 Å². The summed E-state index contributed by atoms with van der Waals surface area (Å²) in [7, 11) is 0. The van der Waals surface area contributed by atoms with Crippen LogP contribution in [0.4, 0.5) is 4.39 Å². The smallest absolute Gasteiger partial charge is 0.329 e. The number of imidazole rings is 1. The van der Waals surface area contributed by atoms with Gasteiger partial charge in [0.05, 0.1) is 24.1 Å². The number of aryl methyl sites for hydroxylation is 1. The van der Waals surface area contributed by atoms with Gasteiger partial charge in [0, 0.05) is 18.2 Å². The fraction of sp³-hybridized carbons (Fsp3) is 0.417. The van der Waals surface area contributed by atoms with Crippen molar-refractivity contribution < 1.29 is 4.39 Å². The molecular formula is C24H29FN4O. The van der Waals surface area contributed by atoms with Crippen LogP contribution >= 0.6 is 0 Å². The number of unbranched alkanes of at least 4 members (excludes halogenated alkanes) is 1. The van der Waals surface area contributed by atoms with E-state index in [9.17, 15) is 9.18 Å². The van der Waals surface area contributed by atoms with E-state index in [4.69, 9.17) is 0 Å². The fourth-order valence-electron chi connectivity index (χ4n) is 4.10. The van der Waals surface area contributed by atoms with Gasteiger partial charge in [-0.3, -0.25) is 14.1 Å². The van der Waals surface area contributed by atoms with Gasteiger partial charge in [0.1, 0.15) is 11.7 Å². The number of nitrogens with zero attached hydrogens (tertiary/aromatic N) is 3. The lowest BCUT2D eigenvalue weighted by molar-refractivity contribution is 0.592. The summed E-state index contributed by atoms with van der Waals surface area (Å²) >= 11 is 0. The van der Waals surface area contributed by atoms with Crippen molar-refractivity contribution >= 4 is 16.9 Å². The molecule has 0 radical (unpaired) electrons. The largest absolute Gasteiger partial charge is 0.365 e. The zero-order chi connectivity index (χ0) is 21.1. The fourth-order valence-corrected chi connectivity index (χ4v) is 4.10. The van der Waals surface area contributed by atoms with Crippen LogP contribution in [0.3, 0.4) is 0 Å². The van der Waals surface area contributed by atoms with Crippen LogP contribution in [-0.2, 0) is 13.1 Å². The van der Waals surface area contributed by atoms with Gasteiger partial charge in [-0.1, -0.05) is 38.8 Å². The summed E-state index contributed by atoms with van der Waals surface area (Å²) in [6.45, 7) is 6.20. The topological polar surface area (TPSA) is 51.3 Å². The molecule has 0 saturated heterocycles. The number of halogens is 1. The molecule has 6 heteroatoms. The van der Waals surface area contributed by atoms with Gasteiger partial charge in [-0.2, -0.15) is 0 Å². The number of fused-ring (bicyclic) bond motifs is 1. The summed E-state index contributed by atoms with van der Waals surface area (Å²) in [5.74, 6) is 0.628. The van der Waals surface area contributed by atoms with Gasteiger partial charge in [-0.25, -0.2) is 9.18 Å². The number of rotatable bonds is 8. The average molecular weight is 409 g/mol. The maximum absolute atomic E-state index is 13.3. The van der Waals surface area contributed by atoms with Gasteiger partial charge in [0.25, 0.3) is 0 Å². The van der Waals surface area contributed by atoms with E-state index in [2.05, 4.69) is 30.2 Å². The van der Waals surface area contributed by atoms with E-state index < -0.39 is 0 Å². The first kappa shape index (κ1) is 20.4. The third kappa shape index (κ3) is 4.04. The molecule has 158 valence electrons. The Morgan fingerprint density at radius 3 is 2.60 bits per heavy atom. The second kappa shape index (κ2) is 8.86. The van der Waals surface area contributed by atoms with Crippen LogP contribution in [0.15, 0.2) is 52.3 Å². The van der Waals surface area contributed by atoms with E-state index in [0.717, 1.165) is 60.2 Å². The normalized spacial score (nSPS) is 16.1. The highest BCUT2D eigenvalue weighted by molar-refractivity contribution is 6.02. The van der Waals surface area contributed by atoms with Gasteiger partial charge in [-0.15, -0.1) is 0 Å². The summed E-state index contributed by atoms with van der Waals surface area (Å²) in [6, 6.07) is 12.9. The SMILES string of the molecule is CCCCn1c(=O)n(Cc2ccc(F)cc2)c2cc(C3=NCC(CCC)N3)ccc21. The molecule has 2 heterocycles. The Morgan fingerprint density at radius 2 is 1.87 bits per heavy atom. The number of amidine groups is 1. The minimum atomic E-state index is -0.272. The van der Waals surface area contributed by atoms with Crippen molar-refractivity contribution in [2.45, 2.75) is 58.7 Å². The monoisotopic (exact) mass is 408 g/mol.